The minimum Gasteiger partial charge on any atom is -0.296 e. The van der Waals surface area contributed by atoms with Crippen molar-refractivity contribution < 1.29 is 4.79 Å². The Balaban J connectivity index is 1.47. The molecule has 140 valence electrons. The van der Waals surface area contributed by atoms with Gasteiger partial charge in [-0.2, -0.15) is 0 Å². The number of aromatic nitrogens is 4. The molecule has 6 nitrogen and oxygen atoms in total. The zero-order valence-corrected chi connectivity index (χ0v) is 16.4. The first-order valence-corrected chi connectivity index (χ1v) is 9.70. The molecule has 7 heteroatoms. The molecule has 0 atom stereocenters. The molecule has 2 heterocycles. The number of aryl methyl sites for hydroxylation is 2. The fraction of sp³-hybridized carbons (Fsp3) is 0.143. The predicted molar refractivity (Wildman–Crippen MR) is 111 cm³/mol. The lowest BCUT2D eigenvalue weighted by molar-refractivity contribution is 0.102. The van der Waals surface area contributed by atoms with E-state index < -0.39 is 0 Å². The smallest absolute Gasteiger partial charge is 0.279 e. The van der Waals surface area contributed by atoms with E-state index in [9.17, 15) is 4.79 Å². The van der Waals surface area contributed by atoms with Crippen molar-refractivity contribution in [3.63, 3.8) is 0 Å². The summed E-state index contributed by atoms with van der Waals surface area (Å²) in [5.41, 5.74) is 4.48. The molecule has 0 spiro atoms. The lowest BCUT2D eigenvalue weighted by atomic mass is 10.1. The first-order valence-electron chi connectivity index (χ1n) is 8.88. The van der Waals surface area contributed by atoms with Crippen molar-refractivity contribution >= 4 is 22.4 Å². The van der Waals surface area contributed by atoms with Crippen LogP contribution in [-0.2, 0) is 6.54 Å². The summed E-state index contributed by atoms with van der Waals surface area (Å²) in [6.07, 6.45) is 1.64. The molecule has 4 rings (SSSR count). The summed E-state index contributed by atoms with van der Waals surface area (Å²) in [5.74, 6) is -0.316. The van der Waals surface area contributed by atoms with Crippen LogP contribution in [0.2, 0.25) is 0 Å². The molecule has 0 bridgehead atoms. The lowest BCUT2D eigenvalue weighted by Crippen LogP contribution is -2.12. The number of nitrogens with zero attached hydrogens (tertiary/aromatic N) is 4. The molecule has 1 N–H and O–H groups in total. The van der Waals surface area contributed by atoms with Gasteiger partial charge in [0.15, 0.2) is 10.8 Å². The zero-order valence-electron chi connectivity index (χ0n) is 15.6. The van der Waals surface area contributed by atoms with E-state index in [1.165, 1.54) is 16.9 Å². The van der Waals surface area contributed by atoms with Gasteiger partial charge < -0.3 is 0 Å². The largest absolute Gasteiger partial charge is 0.296 e. The van der Waals surface area contributed by atoms with Crippen LogP contribution in [0.15, 0.2) is 60.8 Å². The highest BCUT2D eigenvalue weighted by Gasteiger charge is 2.15. The van der Waals surface area contributed by atoms with Gasteiger partial charge in [-0.15, -0.1) is 16.4 Å². The van der Waals surface area contributed by atoms with Crippen molar-refractivity contribution in [2.45, 2.75) is 20.4 Å². The van der Waals surface area contributed by atoms with Crippen LogP contribution in [0.25, 0.3) is 11.3 Å². The van der Waals surface area contributed by atoms with Crippen LogP contribution in [0.5, 0.6) is 0 Å². The summed E-state index contributed by atoms with van der Waals surface area (Å²) in [4.78, 5) is 18.2. The normalized spacial score (nSPS) is 10.8. The summed E-state index contributed by atoms with van der Waals surface area (Å²) in [6, 6.07) is 18.1. The summed E-state index contributed by atoms with van der Waals surface area (Å²) in [5, 5.41) is 11.4. The van der Waals surface area contributed by atoms with Crippen LogP contribution in [-0.4, -0.2) is 25.9 Å². The van der Waals surface area contributed by atoms with Crippen LogP contribution in [0.1, 0.15) is 26.5 Å². The van der Waals surface area contributed by atoms with E-state index in [1.807, 2.05) is 56.3 Å². The Morgan fingerprint density at radius 1 is 1.07 bits per heavy atom. The number of anilines is 1. The third kappa shape index (κ3) is 3.99. The molecule has 0 unspecified atom stereocenters. The quantitative estimate of drug-likeness (QED) is 0.552. The highest BCUT2D eigenvalue weighted by Crippen LogP contribution is 2.30. The Bertz CT molecular complexity index is 1100. The summed E-state index contributed by atoms with van der Waals surface area (Å²) < 4.78 is 1.65. The Labute approximate surface area is 166 Å². The maximum absolute atomic E-state index is 12.5. The van der Waals surface area contributed by atoms with Gasteiger partial charge in [-0.3, -0.25) is 10.1 Å². The molecule has 0 saturated carbocycles. The Morgan fingerprint density at radius 3 is 2.57 bits per heavy atom. The standard InChI is InChI=1S/C21H19N5OS/c1-14-8-10-17(11-9-14)19-15(2)28-21(22-19)23-20(27)18-13-26(25-24-18)12-16-6-4-3-5-7-16/h3-11,13H,12H2,1-2H3,(H,22,23,27). The lowest BCUT2D eigenvalue weighted by Gasteiger charge is -2.00. The molecule has 0 saturated heterocycles. The number of rotatable bonds is 5. The van der Waals surface area contributed by atoms with Crippen molar-refractivity contribution in [1.82, 2.24) is 20.0 Å². The maximum atomic E-state index is 12.5. The molecule has 2 aromatic carbocycles. The van der Waals surface area contributed by atoms with Gasteiger partial charge >= 0.3 is 0 Å². The summed E-state index contributed by atoms with van der Waals surface area (Å²) >= 11 is 1.45. The highest BCUT2D eigenvalue weighted by molar-refractivity contribution is 7.16. The topological polar surface area (TPSA) is 72.7 Å². The molecular formula is C21H19N5OS. The third-order valence-electron chi connectivity index (χ3n) is 4.30. The second-order valence-corrected chi connectivity index (χ2v) is 7.73. The van der Waals surface area contributed by atoms with Crippen LogP contribution in [0, 0.1) is 13.8 Å². The number of carbonyl (C=O) groups excluding carboxylic acids is 1. The highest BCUT2D eigenvalue weighted by atomic mass is 32.1. The van der Waals surface area contributed by atoms with Gasteiger partial charge in [0.2, 0.25) is 0 Å². The molecular weight excluding hydrogens is 370 g/mol. The molecule has 2 aromatic heterocycles. The number of hydrogen-bond acceptors (Lipinski definition) is 5. The number of thiazole rings is 1. The Hall–Kier alpha value is -3.32. The number of amides is 1. The molecule has 0 aliphatic rings. The van der Waals surface area contributed by atoms with Crippen LogP contribution < -0.4 is 5.32 Å². The Morgan fingerprint density at radius 2 is 1.82 bits per heavy atom. The number of hydrogen-bond donors (Lipinski definition) is 1. The first-order chi connectivity index (χ1) is 13.6. The van der Waals surface area contributed by atoms with E-state index in [1.54, 1.807) is 10.9 Å². The van der Waals surface area contributed by atoms with Gasteiger partial charge in [0.25, 0.3) is 5.91 Å². The van der Waals surface area contributed by atoms with E-state index in [2.05, 4.69) is 32.7 Å². The van der Waals surface area contributed by atoms with Crippen molar-refractivity contribution in [1.29, 1.82) is 0 Å². The average Bonchev–Trinajstić information content (AvgIpc) is 3.30. The van der Waals surface area contributed by atoms with Gasteiger partial charge in [0.05, 0.1) is 18.4 Å². The van der Waals surface area contributed by atoms with Gasteiger partial charge in [-0.1, -0.05) is 65.4 Å². The maximum Gasteiger partial charge on any atom is 0.279 e. The van der Waals surface area contributed by atoms with Crippen LogP contribution >= 0.6 is 11.3 Å². The van der Waals surface area contributed by atoms with Gasteiger partial charge in [0, 0.05) is 10.4 Å². The fourth-order valence-corrected chi connectivity index (χ4v) is 3.67. The van der Waals surface area contributed by atoms with E-state index in [4.69, 9.17) is 0 Å². The molecule has 28 heavy (non-hydrogen) atoms. The third-order valence-corrected chi connectivity index (χ3v) is 5.19. The minimum atomic E-state index is -0.316. The molecule has 4 aromatic rings. The van der Waals surface area contributed by atoms with Crippen molar-refractivity contribution in [2.24, 2.45) is 0 Å². The average molecular weight is 389 g/mol. The second kappa shape index (κ2) is 7.74. The van der Waals surface area contributed by atoms with E-state index in [0.29, 0.717) is 11.7 Å². The fourth-order valence-electron chi connectivity index (χ4n) is 2.84. The molecule has 1 amide bonds. The van der Waals surface area contributed by atoms with Crippen LogP contribution in [0.4, 0.5) is 5.13 Å². The van der Waals surface area contributed by atoms with E-state index >= 15 is 0 Å². The monoisotopic (exact) mass is 389 g/mol. The first kappa shape index (κ1) is 18.1. The van der Waals surface area contributed by atoms with Gasteiger partial charge in [-0.05, 0) is 19.4 Å². The Kier molecular flexibility index (Phi) is 4.99. The zero-order chi connectivity index (χ0) is 19.5. The predicted octanol–water partition coefficient (Wildman–Crippen LogP) is 4.32. The molecule has 0 radical (unpaired) electrons. The van der Waals surface area contributed by atoms with Crippen molar-refractivity contribution in [3.05, 3.63) is 82.5 Å². The number of nitrogens with one attached hydrogen (secondary N) is 1. The molecule has 0 aliphatic carbocycles. The van der Waals surface area contributed by atoms with Crippen molar-refractivity contribution in [3.8, 4) is 11.3 Å². The molecule has 0 aliphatic heterocycles. The van der Waals surface area contributed by atoms with Crippen molar-refractivity contribution in [2.75, 3.05) is 5.32 Å². The number of carbonyl (C=O) groups is 1. The minimum absolute atomic E-state index is 0.265. The second-order valence-electron chi connectivity index (χ2n) is 6.53. The summed E-state index contributed by atoms with van der Waals surface area (Å²) in [7, 11) is 0. The SMILES string of the molecule is Cc1ccc(-c2nc(NC(=O)c3cn(Cc4ccccc4)nn3)sc2C)cc1. The number of benzene rings is 2. The van der Waals surface area contributed by atoms with E-state index in [0.717, 1.165) is 21.7 Å². The van der Waals surface area contributed by atoms with Gasteiger partial charge in [-0.25, -0.2) is 9.67 Å². The summed E-state index contributed by atoms with van der Waals surface area (Å²) in [6.45, 7) is 4.61. The van der Waals surface area contributed by atoms with Crippen LogP contribution in [0.3, 0.4) is 0 Å². The molecule has 0 fully saturated rings. The van der Waals surface area contributed by atoms with Gasteiger partial charge in [0.1, 0.15) is 0 Å². The van der Waals surface area contributed by atoms with E-state index in [-0.39, 0.29) is 11.6 Å².